The van der Waals surface area contributed by atoms with Crippen LogP contribution in [0.4, 0.5) is 0 Å². The van der Waals surface area contributed by atoms with Crippen molar-refractivity contribution in [1.82, 2.24) is 10.2 Å². The minimum absolute atomic E-state index is 0.151. The van der Waals surface area contributed by atoms with Gasteiger partial charge >= 0.3 is 5.97 Å². The second-order valence-corrected chi connectivity index (χ2v) is 6.19. The molecule has 0 aromatic heterocycles. The number of rotatable bonds is 6. The van der Waals surface area contributed by atoms with E-state index in [-0.39, 0.29) is 18.2 Å². The van der Waals surface area contributed by atoms with Crippen molar-refractivity contribution in [1.29, 1.82) is 0 Å². The Labute approximate surface area is 139 Å². The lowest BCUT2D eigenvalue weighted by Crippen LogP contribution is -2.55. The highest BCUT2D eigenvalue weighted by atomic mass is 32.1. The molecule has 1 heterocycles. The monoisotopic (exact) mass is 337 g/mol. The van der Waals surface area contributed by atoms with Gasteiger partial charge in [0.25, 0.3) is 5.91 Å². The molecule has 0 bridgehead atoms. The molecule has 1 amide bonds. The van der Waals surface area contributed by atoms with Crippen LogP contribution >= 0.6 is 12.6 Å². The molecule has 1 saturated heterocycles. The number of piperidine rings is 1. The Morgan fingerprint density at radius 1 is 1.39 bits per heavy atom. The van der Waals surface area contributed by atoms with E-state index in [9.17, 15) is 14.5 Å². The van der Waals surface area contributed by atoms with Gasteiger partial charge in [-0.1, -0.05) is 35.5 Å². The van der Waals surface area contributed by atoms with E-state index in [1.165, 1.54) is 0 Å². The van der Waals surface area contributed by atoms with Gasteiger partial charge in [0.2, 0.25) is 0 Å². The normalized spacial score (nSPS) is 24.8. The van der Waals surface area contributed by atoms with Crippen molar-refractivity contribution in [2.75, 3.05) is 13.1 Å². The number of hydrogen-bond donors (Lipinski definition) is 3. The van der Waals surface area contributed by atoms with Crippen molar-refractivity contribution in [2.24, 2.45) is 5.18 Å². The summed E-state index contributed by atoms with van der Waals surface area (Å²) in [5.74, 6) is -1.81. The number of hydrogen-bond acceptors (Lipinski definition) is 6. The van der Waals surface area contributed by atoms with Gasteiger partial charge < -0.3 is 10.4 Å². The Morgan fingerprint density at radius 2 is 2.09 bits per heavy atom. The number of carboxylic acids is 1. The van der Waals surface area contributed by atoms with Crippen molar-refractivity contribution >= 4 is 24.5 Å². The van der Waals surface area contributed by atoms with Crippen LogP contribution in [0.15, 0.2) is 35.5 Å². The molecule has 1 aliphatic rings. The summed E-state index contributed by atoms with van der Waals surface area (Å²) in [6, 6.07) is 9.83. The first-order chi connectivity index (χ1) is 11.0. The van der Waals surface area contributed by atoms with E-state index in [4.69, 9.17) is 5.11 Å². The van der Waals surface area contributed by atoms with Crippen LogP contribution in [0.3, 0.4) is 0 Å². The van der Waals surface area contributed by atoms with Gasteiger partial charge in [-0.3, -0.25) is 14.5 Å². The van der Waals surface area contributed by atoms with Gasteiger partial charge in [0.1, 0.15) is 6.54 Å². The molecule has 0 radical (unpaired) electrons. The van der Waals surface area contributed by atoms with Crippen LogP contribution in [0.1, 0.15) is 18.4 Å². The lowest BCUT2D eigenvalue weighted by atomic mass is 9.87. The van der Waals surface area contributed by atoms with Crippen LogP contribution in [0, 0.1) is 4.91 Å². The van der Waals surface area contributed by atoms with E-state index >= 15 is 0 Å². The van der Waals surface area contributed by atoms with Gasteiger partial charge in [0, 0.05) is 19.5 Å². The SMILES string of the molecule is O=NC1(C(=O)NCC(=O)O)CCN(Cc2ccccc2)C(S)C1. The molecule has 0 spiro atoms. The highest BCUT2D eigenvalue weighted by Gasteiger charge is 2.46. The number of carboxylic acid groups (broad SMARTS) is 1. The second kappa shape index (κ2) is 7.56. The summed E-state index contributed by atoms with van der Waals surface area (Å²) < 4.78 is 0. The summed E-state index contributed by atoms with van der Waals surface area (Å²) in [6.45, 7) is 0.622. The summed E-state index contributed by atoms with van der Waals surface area (Å²) in [6.07, 6.45) is 0.393. The largest absolute Gasteiger partial charge is 0.480 e. The molecule has 2 atom stereocenters. The first-order valence-corrected chi connectivity index (χ1v) is 7.79. The van der Waals surface area contributed by atoms with Gasteiger partial charge in [0.05, 0.1) is 5.37 Å². The number of likely N-dealkylation sites (tertiary alicyclic amines) is 1. The number of carbonyl (C=O) groups excluding carboxylic acids is 1. The third-order valence-corrected chi connectivity index (χ3v) is 4.49. The highest BCUT2D eigenvalue weighted by molar-refractivity contribution is 7.80. The first-order valence-electron chi connectivity index (χ1n) is 7.27. The van der Waals surface area contributed by atoms with E-state index in [2.05, 4.69) is 28.0 Å². The molecule has 124 valence electrons. The lowest BCUT2D eigenvalue weighted by molar-refractivity contribution is -0.139. The number of nitrogens with zero attached hydrogens (tertiary/aromatic N) is 2. The number of aliphatic carboxylic acids is 1. The van der Waals surface area contributed by atoms with Crippen molar-refractivity contribution < 1.29 is 14.7 Å². The third kappa shape index (κ3) is 4.29. The Hall–Kier alpha value is -1.93. The molecule has 2 rings (SSSR count). The lowest BCUT2D eigenvalue weighted by Gasteiger charge is -2.40. The maximum Gasteiger partial charge on any atom is 0.322 e. The molecular weight excluding hydrogens is 318 g/mol. The minimum atomic E-state index is -1.45. The van der Waals surface area contributed by atoms with Crippen LogP contribution < -0.4 is 5.32 Å². The predicted octanol–water partition coefficient (Wildman–Crippen LogP) is 1.24. The minimum Gasteiger partial charge on any atom is -0.480 e. The van der Waals surface area contributed by atoms with Crippen molar-refractivity contribution in [3.8, 4) is 0 Å². The van der Waals surface area contributed by atoms with E-state index in [0.717, 1.165) is 5.56 Å². The Bertz CT molecular complexity index is 583. The zero-order valence-corrected chi connectivity index (χ0v) is 13.4. The van der Waals surface area contributed by atoms with Crippen LogP contribution in [0.5, 0.6) is 0 Å². The van der Waals surface area contributed by atoms with E-state index < -0.39 is 24.0 Å². The van der Waals surface area contributed by atoms with E-state index in [1.54, 1.807) is 0 Å². The molecule has 0 saturated carbocycles. The molecule has 1 aromatic carbocycles. The highest BCUT2D eigenvalue weighted by Crippen LogP contribution is 2.33. The molecule has 1 aromatic rings. The fourth-order valence-electron chi connectivity index (χ4n) is 2.66. The first kappa shape index (κ1) is 17.4. The summed E-state index contributed by atoms with van der Waals surface area (Å²) in [4.78, 5) is 36.0. The fraction of sp³-hybridized carbons (Fsp3) is 0.467. The topological polar surface area (TPSA) is 99.1 Å². The van der Waals surface area contributed by atoms with Crippen molar-refractivity contribution in [2.45, 2.75) is 30.3 Å². The number of carbonyl (C=O) groups is 2. The van der Waals surface area contributed by atoms with Crippen LogP contribution in [-0.2, 0) is 16.1 Å². The van der Waals surface area contributed by atoms with Gasteiger partial charge in [0.15, 0.2) is 5.54 Å². The summed E-state index contributed by atoms with van der Waals surface area (Å²) in [7, 11) is 0. The number of benzene rings is 1. The molecule has 23 heavy (non-hydrogen) atoms. The fourth-order valence-corrected chi connectivity index (χ4v) is 3.16. The van der Waals surface area contributed by atoms with E-state index in [0.29, 0.717) is 13.1 Å². The number of nitroso groups, excluding NO2 is 1. The maximum absolute atomic E-state index is 12.1. The van der Waals surface area contributed by atoms with Crippen LogP contribution in [-0.4, -0.2) is 45.9 Å². The van der Waals surface area contributed by atoms with Gasteiger partial charge in [-0.25, -0.2) is 0 Å². The average molecular weight is 337 g/mol. The summed E-state index contributed by atoms with van der Waals surface area (Å²) >= 11 is 4.49. The quantitative estimate of drug-likeness (QED) is 0.536. The molecule has 2 N–H and O–H groups in total. The van der Waals surface area contributed by atoms with Crippen LogP contribution in [0.2, 0.25) is 0 Å². The Kier molecular flexibility index (Phi) is 5.73. The van der Waals surface area contributed by atoms with Gasteiger partial charge in [-0.2, -0.15) is 12.6 Å². The summed E-state index contributed by atoms with van der Waals surface area (Å²) in [5.41, 5.74) is -0.330. The number of amides is 1. The maximum atomic E-state index is 12.1. The molecule has 2 unspecified atom stereocenters. The molecule has 0 aliphatic carbocycles. The van der Waals surface area contributed by atoms with Crippen molar-refractivity contribution in [3.63, 3.8) is 0 Å². The summed E-state index contributed by atoms with van der Waals surface area (Å²) in [5, 5.41) is 13.6. The Morgan fingerprint density at radius 3 is 2.65 bits per heavy atom. The van der Waals surface area contributed by atoms with Crippen LogP contribution in [0.25, 0.3) is 0 Å². The smallest absolute Gasteiger partial charge is 0.322 e. The predicted molar refractivity (Wildman–Crippen MR) is 88.0 cm³/mol. The Balaban J connectivity index is 2.01. The molecule has 1 fully saturated rings. The van der Waals surface area contributed by atoms with Crippen molar-refractivity contribution in [3.05, 3.63) is 40.8 Å². The molecule has 7 nitrogen and oxygen atoms in total. The standard InChI is InChI=1S/C15H19N3O4S/c19-13(20)9-16-14(21)15(17-22)6-7-18(12(23)8-15)10-11-4-2-1-3-5-11/h1-5,12,23H,6-10H2,(H,16,21)(H,19,20). The van der Waals surface area contributed by atoms with E-state index in [1.807, 2.05) is 30.3 Å². The molecule has 8 heteroatoms. The molecular formula is C15H19N3O4S. The van der Waals surface area contributed by atoms with Gasteiger partial charge in [-0.05, 0) is 12.0 Å². The molecule has 1 aliphatic heterocycles. The number of nitrogens with one attached hydrogen (secondary N) is 1. The zero-order valence-electron chi connectivity index (χ0n) is 12.5. The van der Waals surface area contributed by atoms with Gasteiger partial charge in [-0.15, -0.1) is 4.91 Å². The second-order valence-electron chi connectivity index (χ2n) is 5.59. The average Bonchev–Trinajstić information content (AvgIpc) is 2.55. The number of thiol groups is 1. The zero-order chi connectivity index (χ0) is 16.9. The third-order valence-electron chi connectivity index (χ3n) is 3.98.